The standard InChI is InChI=1S/C14H23N3OS/c1-3-12-9-18-7-6-17(12)14-16-10(2)13(19-14)8-15-11-4-5-11/h11-12,15H,3-9H2,1-2H3. The van der Waals surface area contributed by atoms with Gasteiger partial charge in [-0.15, -0.1) is 11.3 Å². The first-order valence-electron chi connectivity index (χ1n) is 7.32. The lowest BCUT2D eigenvalue weighted by Crippen LogP contribution is -2.45. The molecule has 0 spiro atoms. The zero-order chi connectivity index (χ0) is 13.2. The first kappa shape index (κ1) is 13.3. The molecule has 19 heavy (non-hydrogen) atoms. The average molecular weight is 281 g/mol. The molecule has 1 aromatic heterocycles. The minimum Gasteiger partial charge on any atom is -0.377 e. The van der Waals surface area contributed by atoms with Crippen LogP contribution in [0.4, 0.5) is 5.13 Å². The highest BCUT2D eigenvalue weighted by Crippen LogP contribution is 2.30. The number of hydrogen-bond donors (Lipinski definition) is 1. The van der Waals surface area contributed by atoms with Gasteiger partial charge in [0.15, 0.2) is 5.13 Å². The van der Waals surface area contributed by atoms with Crippen molar-refractivity contribution in [2.24, 2.45) is 0 Å². The maximum Gasteiger partial charge on any atom is 0.186 e. The van der Waals surface area contributed by atoms with E-state index in [2.05, 4.69) is 24.1 Å². The van der Waals surface area contributed by atoms with Crippen LogP contribution in [0.3, 0.4) is 0 Å². The molecule has 1 saturated heterocycles. The summed E-state index contributed by atoms with van der Waals surface area (Å²) in [6, 6.07) is 1.25. The Morgan fingerprint density at radius 2 is 2.32 bits per heavy atom. The van der Waals surface area contributed by atoms with Crippen molar-refractivity contribution in [1.29, 1.82) is 0 Å². The van der Waals surface area contributed by atoms with Gasteiger partial charge in [0, 0.05) is 24.0 Å². The van der Waals surface area contributed by atoms with Crippen LogP contribution in [-0.2, 0) is 11.3 Å². The van der Waals surface area contributed by atoms with Crippen LogP contribution in [0.15, 0.2) is 0 Å². The van der Waals surface area contributed by atoms with Gasteiger partial charge < -0.3 is 15.0 Å². The Kier molecular flexibility index (Phi) is 4.05. The summed E-state index contributed by atoms with van der Waals surface area (Å²) < 4.78 is 5.57. The summed E-state index contributed by atoms with van der Waals surface area (Å²) >= 11 is 1.85. The largest absolute Gasteiger partial charge is 0.377 e. The highest BCUT2D eigenvalue weighted by atomic mass is 32.1. The van der Waals surface area contributed by atoms with Crippen LogP contribution >= 0.6 is 11.3 Å². The quantitative estimate of drug-likeness (QED) is 0.899. The molecule has 3 rings (SSSR count). The molecule has 1 aliphatic carbocycles. The van der Waals surface area contributed by atoms with Crippen molar-refractivity contribution < 1.29 is 4.74 Å². The third kappa shape index (κ3) is 3.09. The van der Waals surface area contributed by atoms with Gasteiger partial charge in [-0.05, 0) is 26.2 Å². The number of ether oxygens (including phenoxy) is 1. The van der Waals surface area contributed by atoms with Crippen molar-refractivity contribution in [1.82, 2.24) is 10.3 Å². The molecule has 1 unspecified atom stereocenters. The van der Waals surface area contributed by atoms with Gasteiger partial charge in [-0.3, -0.25) is 0 Å². The molecule has 1 atom stereocenters. The van der Waals surface area contributed by atoms with Crippen LogP contribution < -0.4 is 10.2 Å². The summed E-state index contributed by atoms with van der Waals surface area (Å²) in [7, 11) is 0. The molecule has 4 nitrogen and oxygen atoms in total. The molecule has 2 fully saturated rings. The van der Waals surface area contributed by atoms with Gasteiger partial charge in [-0.2, -0.15) is 0 Å². The Hall–Kier alpha value is -0.650. The number of aromatic nitrogens is 1. The van der Waals surface area contributed by atoms with Crippen molar-refractivity contribution in [3.63, 3.8) is 0 Å². The Bertz CT molecular complexity index is 430. The summed E-state index contributed by atoms with van der Waals surface area (Å²) in [6.45, 7) is 7.97. The number of rotatable bonds is 5. The van der Waals surface area contributed by atoms with Crippen LogP contribution in [0, 0.1) is 6.92 Å². The number of thiazole rings is 1. The van der Waals surface area contributed by atoms with Gasteiger partial charge in [0.1, 0.15) is 0 Å². The second kappa shape index (κ2) is 5.77. The zero-order valence-electron chi connectivity index (χ0n) is 11.8. The van der Waals surface area contributed by atoms with E-state index >= 15 is 0 Å². The molecule has 106 valence electrons. The minimum atomic E-state index is 0.489. The summed E-state index contributed by atoms with van der Waals surface area (Å²) in [5.74, 6) is 0. The van der Waals surface area contributed by atoms with E-state index in [0.29, 0.717) is 6.04 Å². The molecule has 0 radical (unpaired) electrons. The maximum atomic E-state index is 5.57. The van der Waals surface area contributed by atoms with Gasteiger partial charge in [0.25, 0.3) is 0 Å². The third-order valence-electron chi connectivity index (χ3n) is 3.95. The lowest BCUT2D eigenvalue weighted by atomic mass is 10.2. The van der Waals surface area contributed by atoms with Crippen LogP contribution in [0.2, 0.25) is 0 Å². The number of nitrogens with zero attached hydrogens (tertiary/aromatic N) is 2. The molecular formula is C14H23N3OS. The van der Waals surface area contributed by atoms with E-state index in [-0.39, 0.29) is 0 Å². The van der Waals surface area contributed by atoms with Crippen LogP contribution in [-0.4, -0.2) is 36.8 Å². The van der Waals surface area contributed by atoms with E-state index in [1.807, 2.05) is 11.3 Å². The monoisotopic (exact) mass is 281 g/mol. The summed E-state index contributed by atoms with van der Waals surface area (Å²) in [5, 5.41) is 4.76. The van der Waals surface area contributed by atoms with E-state index < -0.39 is 0 Å². The average Bonchev–Trinajstić information content (AvgIpc) is 3.19. The molecule has 5 heteroatoms. The van der Waals surface area contributed by atoms with Gasteiger partial charge in [0.05, 0.1) is 24.9 Å². The highest BCUT2D eigenvalue weighted by molar-refractivity contribution is 7.15. The minimum absolute atomic E-state index is 0.489. The normalized spacial score (nSPS) is 23.9. The van der Waals surface area contributed by atoms with E-state index in [1.165, 1.54) is 28.5 Å². The van der Waals surface area contributed by atoms with Gasteiger partial charge in [-0.1, -0.05) is 6.92 Å². The number of nitrogens with one attached hydrogen (secondary N) is 1. The maximum absolute atomic E-state index is 5.57. The second-order valence-electron chi connectivity index (χ2n) is 5.49. The van der Waals surface area contributed by atoms with E-state index in [9.17, 15) is 0 Å². The van der Waals surface area contributed by atoms with Crippen molar-refractivity contribution >= 4 is 16.5 Å². The summed E-state index contributed by atoms with van der Waals surface area (Å²) in [5.41, 5.74) is 1.19. The van der Waals surface area contributed by atoms with Crippen molar-refractivity contribution in [3.8, 4) is 0 Å². The fourth-order valence-electron chi connectivity index (χ4n) is 2.47. The van der Waals surface area contributed by atoms with Crippen molar-refractivity contribution in [2.75, 3.05) is 24.7 Å². The lowest BCUT2D eigenvalue weighted by molar-refractivity contribution is 0.0929. The van der Waals surface area contributed by atoms with Crippen molar-refractivity contribution in [2.45, 2.75) is 51.7 Å². The summed E-state index contributed by atoms with van der Waals surface area (Å²) in [4.78, 5) is 8.60. The first-order chi connectivity index (χ1) is 9.28. The molecule has 1 aliphatic heterocycles. The topological polar surface area (TPSA) is 37.4 Å². The second-order valence-corrected chi connectivity index (χ2v) is 6.55. The number of hydrogen-bond acceptors (Lipinski definition) is 5. The Morgan fingerprint density at radius 1 is 1.47 bits per heavy atom. The third-order valence-corrected chi connectivity index (χ3v) is 5.15. The molecule has 1 aromatic rings. The Labute approximate surface area is 119 Å². The van der Waals surface area contributed by atoms with E-state index in [4.69, 9.17) is 9.72 Å². The Morgan fingerprint density at radius 3 is 3.05 bits per heavy atom. The molecule has 1 N–H and O–H groups in total. The number of morpholine rings is 1. The summed E-state index contributed by atoms with van der Waals surface area (Å²) in [6.07, 6.45) is 3.80. The van der Waals surface area contributed by atoms with E-state index in [1.54, 1.807) is 0 Å². The van der Waals surface area contributed by atoms with Gasteiger partial charge in [0.2, 0.25) is 0 Å². The smallest absolute Gasteiger partial charge is 0.186 e. The molecular weight excluding hydrogens is 258 g/mol. The molecule has 1 saturated carbocycles. The van der Waals surface area contributed by atoms with Gasteiger partial charge >= 0.3 is 0 Å². The predicted octanol–water partition coefficient (Wildman–Crippen LogP) is 2.32. The van der Waals surface area contributed by atoms with E-state index in [0.717, 1.165) is 38.8 Å². The zero-order valence-corrected chi connectivity index (χ0v) is 12.6. The molecule has 0 bridgehead atoms. The molecule has 2 heterocycles. The fraction of sp³-hybridized carbons (Fsp3) is 0.786. The predicted molar refractivity (Wildman–Crippen MR) is 79.0 cm³/mol. The van der Waals surface area contributed by atoms with Gasteiger partial charge in [-0.25, -0.2) is 4.98 Å². The molecule has 0 amide bonds. The first-order valence-corrected chi connectivity index (χ1v) is 8.13. The highest BCUT2D eigenvalue weighted by Gasteiger charge is 2.25. The molecule has 2 aliphatic rings. The Balaban J connectivity index is 1.70. The number of aryl methyl sites for hydroxylation is 1. The fourth-order valence-corrected chi connectivity index (χ4v) is 3.58. The van der Waals surface area contributed by atoms with Crippen LogP contribution in [0.25, 0.3) is 0 Å². The molecule has 0 aromatic carbocycles. The van der Waals surface area contributed by atoms with Crippen LogP contribution in [0.5, 0.6) is 0 Å². The van der Waals surface area contributed by atoms with Crippen LogP contribution in [0.1, 0.15) is 36.8 Å². The van der Waals surface area contributed by atoms with Crippen molar-refractivity contribution in [3.05, 3.63) is 10.6 Å². The number of anilines is 1. The lowest BCUT2D eigenvalue weighted by Gasteiger charge is -2.34. The SMILES string of the molecule is CCC1COCCN1c1nc(C)c(CNC2CC2)s1.